The number of pyridine rings is 1. The van der Waals surface area contributed by atoms with Crippen molar-refractivity contribution in [3.63, 3.8) is 0 Å². The third-order valence-corrected chi connectivity index (χ3v) is 22.0. The molecule has 1 atom stereocenters. The van der Waals surface area contributed by atoms with Gasteiger partial charge in [-0.05, 0) is 157 Å². The standard InChI is InChI=1S/C96H81N2/c1-93(2,3)61-47-49-73-74(51-61)79-55-64(96(10,11)12)56-80-86-88(82-67(59-35-21-15-22-36-59)45-30-46-68(82)60-37-23-16-24-38-60)92-85(77-54-63(95(7,8)9)53-76-75-52-62(94(4,5)6)48-50-78(75)98(92)90(76)77)87(89(86)91(73)97(79)80)84-71-41-27-25-39-69(71)83(70-40-26-28-42-72(70)84)81-65(57-31-17-13-18-32-57)43-29-44-66(81)58-33-19-14-20-34-58/h13-56,91H,1-12H3/q+1. The third kappa shape index (κ3) is 8.89. The predicted octanol–water partition coefficient (Wildman–Crippen LogP) is 25.9. The van der Waals surface area contributed by atoms with Crippen molar-refractivity contribution in [2.75, 3.05) is 0 Å². The van der Waals surface area contributed by atoms with Crippen molar-refractivity contribution in [1.29, 1.82) is 0 Å². The van der Waals surface area contributed by atoms with Gasteiger partial charge in [0.25, 0.3) is 0 Å². The molecule has 474 valence electrons. The summed E-state index contributed by atoms with van der Waals surface area (Å²) >= 11 is 0. The second-order valence-electron chi connectivity index (χ2n) is 32.1. The highest BCUT2D eigenvalue weighted by atomic mass is 15.1. The highest BCUT2D eigenvalue weighted by molar-refractivity contribution is 6.35. The first-order valence-electron chi connectivity index (χ1n) is 35.3. The lowest BCUT2D eigenvalue weighted by atomic mass is 9.75. The highest BCUT2D eigenvalue weighted by Gasteiger charge is 2.52. The van der Waals surface area contributed by atoms with Crippen molar-refractivity contribution in [3.8, 4) is 100 Å². The fraction of sp³-hybridized carbons (Fsp3) is 0.177. The molecule has 3 aromatic heterocycles. The van der Waals surface area contributed by atoms with Gasteiger partial charge in [-0.3, -0.25) is 0 Å². The Morgan fingerprint density at radius 2 is 0.653 bits per heavy atom. The summed E-state index contributed by atoms with van der Waals surface area (Å²) in [5, 5.41) is 10.1. The molecular weight excluding hydrogens is 1180 g/mol. The van der Waals surface area contributed by atoms with Gasteiger partial charge >= 0.3 is 0 Å². The molecule has 98 heavy (non-hydrogen) atoms. The fourth-order valence-electron chi connectivity index (χ4n) is 17.1. The Kier molecular flexibility index (Phi) is 13.1. The van der Waals surface area contributed by atoms with Crippen LogP contribution in [0.5, 0.6) is 0 Å². The number of benzene rings is 13. The molecule has 0 saturated heterocycles. The van der Waals surface area contributed by atoms with Gasteiger partial charge in [-0.2, -0.15) is 4.57 Å². The molecule has 0 amide bonds. The molecule has 16 aromatic rings. The number of rotatable bonds is 7. The summed E-state index contributed by atoms with van der Waals surface area (Å²) < 4.78 is 5.57. The summed E-state index contributed by atoms with van der Waals surface area (Å²) in [7, 11) is 0. The summed E-state index contributed by atoms with van der Waals surface area (Å²) in [5.41, 5.74) is 33.5. The Labute approximate surface area is 576 Å². The van der Waals surface area contributed by atoms with Gasteiger partial charge < -0.3 is 4.40 Å². The van der Waals surface area contributed by atoms with Crippen LogP contribution in [0.4, 0.5) is 0 Å². The van der Waals surface area contributed by atoms with Gasteiger partial charge in [-0.15, -0.1) is 0 Å². The van der Waals surface area contributed by atoms with Crippen molar-refractivity contribution >= 4 is 59.6 Å². The zero-order chi connectivity index (χ0) is 67.1. The lowest BCUT2D eigenvalue weighted by molar-refractivity contribution is -0.672. The molecule has 0 spiro atoms. The normalized spacial score (nSPS) is 13.8. The Morgan fingerprint density at radius 3 is 1.12 bits per heavy atom. The minimum Gasteiger partial charge on any atom is -0.307 e. The monoisotopic (exact) mass is 1260 g/mol. The van der Waals surface area contributed by atoms with Crippen LogP contribution in [0.1, 0.15) is 123 Å². The number of hydrogen-bond donors (Lipinski definition) is 0. The molecule has 5 heterocycles. The number of hydrogen-bond acceptors (Lipinski definition) is 0. The molecule has 1 unspecified atom stereocenters. The van der Waals surface area contributed by atoms with Crippen molar-refractivity contribution in [3.05, 3.63) is 300 Å². The van der Waals surface area contributed by atoms with Crippen LogP contribution in [-0.2, 0) is 21.7 Å². The topological polar surface area (TPSA) is 8.29 Å². The van der Waals surface area contributed by atoms with Crippen molar-refractivity contribution < 1.29 is 4.57 Å². The van der Waals surface area contributed by atoms with Crippen molar-refractivity contribution in [2.24, 2.45) is 0 Å². The maximum Gasteiger partial charge on any atom is 0.215 e. The Bertz CT molecular complexity index is 5800. The van der Waals surface area contributed by atoms with E-state index in [-0.39, 0.29) is 27.7 Å². The minimum atomic E-state index is -0.202. The molecule has 0 saturated carbocycles. The van der Waals surface area contributed by atoms with Gasteiger partial charge in [-0.1, -0.05) is 308 Å². The molecule has 2 nitrogen and oxygen atoms in total. The van der Waals surface area contributed by atoms with E-state index in [9.17, 15) is 0 Å². The molecule has 0 N–H and O–H groups in total. The van der Waals surface area contributed by atoms with E-state index in [0.29, 0.717) is 0 Å². The molecule has 2 aliphatic heterocycles. The van der Waals surface area contributed by atoms with E-state index in [1.165, 1.54) is 193 Å². The average Bonchev–Trinajstić information content (AvgIpc) is 1.48. The maximum absolute atomic E-state index is 2.80. The SMILES string of the molecule is CC(C)(C)c1ccc2c(c1)-c1cc(C(C)(C)C)cc3[n+]1C2c1c-3c(-c2c(-c3ccccc3)cccc2-c2ccccc2)c2c(c1-c1c3ccccc3c(-c3c(-c4ccccc4)cccc3-c3ccccc3)c3ccccc13)c1cc(C(C)(C)C)cc3c4cc(C(C)(C)C)ccc4n2c31. The van der Waals surface area contributed by atoms with Crippen LogP contribution in [0.25, 0.3) is 160 Å². The molecule has 18 rings (SSSR count). The Balaban J connectivity index is 1.15. The molecule has 0 aliphatic carbocycles. The van der Waals surface area contributed by atoms with Gasteiger partial charge in [0.1, 0.15) is 0 Å². The van der Waals surface area contributed by atoms with Crippen molar-refractivity contribution in [2.45, 2.75) is 111 Å². The van der Waals surface area contributed by atoms with Gasteiger partial charge in [0.15, 0.2) is 0 Å². The van der Waals surface area contributed by atoms with Gasteiger partial charge in [0.05, 0.1) is 27.7 Å². The molecule has 2 heteroatoms. The number of nitrogens with zero attached hydrogens (tertiary/aromatic N) is 2. The second kappa shape index (κ2) is 21.4. The molecular formula is C96H81N2+. The summed E-state index contributed by atoms with van der Waals surface area (Å²) in [6.45, 7) is 28.6. The van der Waals surface area contributed by atoms with Crippen LogP contribution in [0.3, 0.4) is 0 Å². The van der Waals surface area contributed by atoms with E-state index in [1.807, 2.05) is 0 Å². The Hall–Kier alpha value is -10.7. The smallest absolute Gasteiger partial charge is 0.215 e. The number of aromatic nitrogens is 2. The minimum absolute atomic E-state index is 0.0784. The first kappa shape index (κ1) is 59.8. The zero-order valence-corrected chi connectivity index (χ0v) is 58.4. The van der Waals surface area contributed by atoms with E-state index < -0.39 is 0 Å². The van der Waals surface area contributed by atoms with E-state index in [4.69, 9.17) is 0 Å². The first-order valence-corrected chi connectivity index (χ1v) is 35.3. The quantitative estimate of drug-likeness (QED) is 0.111. The Morgan fingerprint density at radius 1 is 0.265 bits per heavy atom. The fourth-order valence-corrected chi connectivity index (χ4v) is 17.1. The molecule has 13 aromatic carbocycles. The van der Waals surface area contributed by atoms with Crippen LogP contribution in [0.15, 0.2) is 267 Å². The second-order valence-corrected chi connectivity index (χ2v) is 32.1. The molecule has 0 radical (unpaired) electrons. The van der Waals surface area contributed by atoms with Gasteiger partial charge in [-0.25, -0.2) is 0 Å². The molecule has 0 bridgehead atoms. The van der Waals surface area contributed by atoms with Gasteiger partial charge in [0, 0.05) is 61.5 Å². The summed E-state index contributed by atoms with van der Waals surface area (Å²) in [6.07, 6.45) is 0. The largest absolute Gasteiger partial charge is 0.307 e. The molecule has 0 fully saturated rings. The summed E-state index contributed by atoms with van der Waals surface area (Å²) in [4.78, 5) is 0. The average molecular weight is 1260 g/mol. The van der Waals surface area contributed by atoms with Gasteiger partial charge in [0.2, 0.25) is 17.4 Å². The van der Waals surface area contributed by atoms with E-state index in [2.05, 4.69) is 359 Å². The summed E-state index contributed by atoms with van der Waals surface area (Å²) in [5.74, 6) is 0. The predicted molar refractivity (Wildman–Crippen MR) is 417 cm³/mol. The van der Waals surface area contributed by atoms with E-state index in [0.717, 1.165) is 0 Å². The van der Waals surface area contributed by atoms with Crippen LogP contribution < -0.4 is 4.57 Å². The lowest BCUT2D eigenvalue weighted by Gasteiger charge is -2.26. The molecule has 2 aliphatic rings. The third-order valence-electron chi connectivity index (χ3n) is 22.0. The first-order chi connectivity index (χ1) is 47.2. The van der Waals surface area contributed by atoms with Crippen LogP contribution in [0, 0.1) is 0 Å². The van der Waals surface area contributed by atoms with Crippen LogP contribution in [-0.4, -0.2) is 4.40 Å². The van der Waals surface area contributed by atoms with E-state index in [1.54, 1.807) is 0 Å². The van der Waals surface area contributed by atoms with Crippen LogP contribution in [0.2, 0.25) is 0 Å². The van der Waals surface area contributed by atoms with Crippen molar-refractivity contribution in [1.82, 2.24) is 4.40 Å². The maximum atomic E-state index is 2.80. The van der Waals surface area contributed by atoms with Crippen LogP contribution >= 0.6 is 0 Å². The zero-order valence-electron chi connectivity index (χ0n) is 58.4. The lowest BCUT2D eigenvalue weighted by Crippen LogP contribution is -2.37. The highest BCUT2D eigenvalue weighted by Crippen LogP contribution is 2.63. The summed E-state index contributed by atoms with van der Waals surface area (Å²) in [6, 6.07) is 103. The van der Waals surface area contributed by atoms with E-state index >= 15 is 0 Å². The number of fused-ring (bicyclic) bond motifs is 14.